The zero-order valence-corrected chi connectivity index (χ0v) is 22.0. The van der Waals surface area contributed by atoms with Crippen LogP contribution in [0.3, 0.4) is 0 Å². The molecule has 2 aromatic carbocycles. The van der Waals surface area contributed by atoms with Gasteiger partial charge in [-0.15, -0.1) is 0 Å². The van der Waals surface area contributed by atoms with Crippen LogP contribution in [0, 0.1) is 11.2 Å². The van der Waals surface area contributed by atoms with Gasteiger partial charge < -0.3 is 10.0 Å². The Bertz CT molecular complexity index is 1200. The Morgan fingerprint density at radius 3 is 2.31 bits per heavy atom. The minimum atomic E-state index is -3.49. The fraction of sp³-hybridized carbons (Fsp3) is 0.440. The van der Waals surface area contributed by atoms with Crippen molar-refractivity contribution in [3.8, 4) is 0 Å². The number of hydrogen-bond acceptors (Lipinski definition) is 4. The highest BCUT2D eigenvalue weighted by molar-refractivity contribution is 7.90. The SMILES string of the molecule is CC[C@@H](CS(C)(=O)=O)N1C(=O)[C@](C)(CC(=O)O)C[C@H](c2cc(F)cc(Cl)c2)[C@H]1c1ccc(Cl)cc1. The predicted octanol–water partition coefficient (Wildman–Crippen LogP) is 5.49. The number of carbonyl (C=O) groups excluding carboxylic acids is 1. The zero-order chi connectivity index (χ0) is 26.1. The molecule has 1 amide bonds. The standard InChI is InChI=1S/C25H28Cl2FNO5S/c1-4-20(14-35(3,33)34)29-23(15-5-7-17(26)8-6-15)21(16-9-18(27)11-19(28)10-16)12-25(2,24(29)32)13-22(30)31/h5-11,20-21,23H,4,12-14H2,1-3H3,(H,30,31)/t20-,21+,23+,25-/m0/s1. The number of sulfone groups is 1. The summed E-state index contributed by atoms with van der Waals surface area (Å²) in [4.78, 5) is 27.2. The van der Waals surface area contributed by atoms with E-state index in [9.17, 15) is 27.5 Å². The molecule has 1 aliphatic rings. The van der Waals surface area contributed by atoms with Gasteiger partial charge in [0.25, 0.3) is 0 Å². The summed E-state index contributed by atoms with van der Waals surface area (Å²) >= 11 is 12.3. The van der Waals surface area contributed by atoms with Crippen LogP contribution in [0.2, 0.25) is 10.0 Å². The lowest BCUT2D eigenvalue weighted by Gasteiger charge is -2.51. The van der Waals surface area contributed by atoms with Gasteiger partial charge in [0.05, 0.1) is 23.6 Å². The van der Waals surface area contributed by atoms with Crippen molar-refractivity contribution in [2.45, 2.75) is 51.1 Å². The fourth-order valence-corrected chi connectivity index (χ4v) is 6.53. The number of benzene rings is 2. The molecule has 10 heteroatoms. The number of carbonyl (C=O) groups is 2. The van der Waals surface area contributed by atoms with Crippen LogP contribution in [-0.2, 0) is 19.4 Å². The third-order valence-electron chi connectivity index (χ3n) is 6.53. The van der Waals surface area contributed by atoms with Gasteiger partial charge in [0.1, 0.15) is 15.7 Å². The highest BCUT2D eigenvalue weighted by Gasteiger charge is 2.52. The zero-order valence-electron chi connectivity index (χ0n) is 19.7. The van der Waals surface area contributed by atoms with E-state index in [-0.39, 0.29) is 17.2 Å². The number of hydrogen-bond donors (Lipinski definition) is 1. The Morgan fingerprint density at radius 2 is 1.80 bits per heavy atom. The molecule has 35 heavy (non-hydrogen) atoms. The van der Waals surface area contributed by atoms with E-state index in [0.717, 1.165) is 6.26 Å². The number of carboxylic acids is 1. The maximum absolute atomic E-state index is 14.4. The normalized spacial score (nSPS) is 23.8. The molecule has 6 nitrogen and oxygen atoms in total. The first-order valence-electron chi connectivity index (χ1n) is 11.2. The lowest BCUT2D eigenvalue weighted by molar-refractivity contribution is -0.160. The van der Waals surface area contributed by atoms with E-state index in [1.165, 1.54) is 17.0 Å². The van der Waals surface area contributed by atoms with Gasteiger partial charge in [0.15, 0.2) is 0 Å². The molecule has 190 valence electrons. The fourth-order valence-electron chi connectivity index (χ4n) is 5.08. The molecule has 1 saturated heterocycles. The Labute approximate surface area is 215 Å². The van der Waals surface area contributed by atoms with Crippen LogP contribution in [-0.4, -0.2) is 48.4 Å². The number of nitrogens with zero attached hydrogens (tertiary/aromatic N) is 1. The van der Waals surface area contributed by atoms with Crippen LogP contribution >= 0.6 is 23.2 Å². The number of halogens is 3. The molecule has 0 unspecified atom stereocenters. The summed E-state index contributed by atoms with van der Waals surface area (Å²) in [5, 5.41) is 10.3. The second-order valence-corrected chi connectivity index (χ2v) is 12.6. The van der Waals surface area contributed by atoms with Gasteiger partial charge >= 0.3 is 5.97 Å². The van der Waals surface area contributed by atoms with E-state index < -0.39 is 57.4 Å². The van der Waals surface area contributed by atoms with Crippen LogP contribution in [0.1, 0.15) is 56.2 Å². The van der Waals surface area contributed by atoms with E-state index >= 15 is 0 Å². The van der Waals surface area contributed by atoms with Crippen molar-refractivity contribution in [3.05, 3.63) is 69.5 Å². The van der Waals surface area contributed by atoms with Crippen molar-refractivity contribution in [3.63, 3.8) is 0 Å². The largest absolute Gasteiger partial charge is 0.481 e. The molecule has 1 aliphatic heterocycles. The molecule has 1 heterocycles. The van der Waals surface area contributed by atoms with Gasteiger partial charge in [-0.1, -0.05) is 49.2 Å². The summed E-state index contributed by atoms with van der Waals surface area (Å²) in [6, 6.07) is 9.50. The molecule has 3 rings (SSSR count). The predicted molar refractivity (Wildman–Crippen MR) is 134 cm³/mol. The second kappa shape index (κ2) is 10.4. The minimum Gasteiger partial charge on any atom is -0.481 e. The Balaban J connectivity index is 2.29. The summed E-state index contributed by atoms with van der Waals surface area (Å²) in [7, 11) is -3.49. The molecule has 0 radical (unpaired) electrons. The quantitative estimate of drug-likeness (QED) is 0.475. The maximum atomic E-state index is 14.4. The molecule has 4 atom stereocenters. The van der Waals surface area contributed by atoms with Crippen LogP contribution < -0.4 is 0 Å². The van der Waals surface area contributed by atoms with E-state index in [1.807, 2.05) is 0 Å². The molecule has 0 spiro atoms. The number of amides is 1. The first-order chi connectivity index (χ1) is 16.2. The van der Waals surface area contributed by atoms with Crippen molar-refractivity contribution in [2.75, 3.05) is 12.0 Å². The van der Waals surface area contributed by atoms with Gasteiger partial charge in [0, 0.05) is 28.3 Å². The van der Waals surface area contributed by atoms with E-state index in [0.29, 0.717) is 22.6 Å². The summed E-state index contributed by atoms with van der Waals surface area (Å²) < 4.78 is 39.0. The third kappa shape index (κ3) is 6.35. The molecule has 1 fully saturated rings. The Morgan fingerprint density at radius 1 is 1.17 bits per heavy atom. The van der Waals surface area contributed by atoms with E-state index in [1.54, 1.807) is 44.2 Å². The van der Waals surface area contributed by atoms with Gasteiger partial charge in [-0.3, -0.25) is 9.59 Å². The second-order valence-electron chi connectivity index (χ2n) is 9.51. The van der Waals surface area contributed by atoms with Crippen molar-refractivity contribution in [1.29, 1.82) is 0 Å². The molecule has 1 N–H and O–H groups in total. The molecule has 0 bridgehead atoms. The van der Waals surface area contributed by atoms with Crippen LogP contribution in [0.5, 0.6) is 0 Å². The number of likely N-dealkylation sites (tertiary alicyclic amines) is 1. The highest BCUT2D eigenvalue weighted by atomic mass is 35.5. The average molecular weight is 544 g/mol. The Hall–Kier alpha value is -2.16. The van der Waals surface area contributed by atoms with Gasteiger partial charge in [-0.25, -0.2) is 12.8 Å². The highest BCUT2D eigenvalue weighted by Crippen LogP contribution is 2.52. The maximum Gasteiger partial charge on any atom is 0.304 e. The van der Waals surface area contributed by atoms with Gasteiger partial charge in [-0.05, 0) is 54.3 Å². The summed E-state index contributed by atoms with van der Waals surface area (Å²) in [6.45, 7) is 3.34. The monoisotopic (exact) mass is 543 g/mol. The lowest BCUT2D eigenvalue weighted by atomic mass is 9.67. The third-order valence-corrected chi connectivity index (χ3v) is 7.99. The van der Waals surface area contributed by atoms with Crippen LogP contribution in [0.15, 0.2) is 42.5 Å². The van der Waals surface area contributed by atoms with Gasteiger partial charge in [-0.2, -0.15) is 0 Å². The van der Waals surface area contributed by atoms with Crippen LogP contribution in [0.25, 0.3) is 0 Å². The smallest absolute Gasteiger partial charge is 0.304 e. The van der Waals surface area contributed by atoms with Crippen molar-refractivity contribution in [2.24, 2.45) is 5.41 Å². The number of carboxylic acid groups (broad SMARTS) is 1. The van der Waals surface area contributed by atoms with E-state index in [2.05, 4.69) is 0 Å². The van der Waals surface area contributed by atoms with Gasteiger partial charge in [0.2, 0.25) is 5.91 Å². The average Bonchev–Trinajstić information content (AvgIpc) is 2.72. The molecule has 2 aromatic rings. The van der Waals surface area contributed by atoms with Crippen LogP contribution in [0.4, 0.5) is 4.39 Å². The molecular formula is C25H28Cl2FNO5S. The summed E-state index contributed by atoms with van der Waals surface area (Å²) in [5.41, 5.74) is -0.168. The first-order valence-corrected chi connectivity index (χ1v) is 14.0. The topological polar surface area (TPSA) is 91.8 Å². The Kier molecular flexibility index (Phi) is 8.19. The molecule has 0 aliphatic carbocycles. The number of rotatable bonds is 8. The molecule has 0 aromatic heterocycles. The van der Waals surface area contributed by atoms with Crippen molar-refractivity contribution < 1.29 is 27.5 Å². The molecule has 0 saturated carbocycles. The summed E-state index contributed by atoms with van der Waals surface area (Å²) in [6.07, 6.45) is 1.08. The lowest BCUT2D eigenvalue weighted by Crippen LogP contribution is -2.57. The van der Waals surface area contributed by atoms with Crippen molar-refractivity contribution in [1.82, 2.24) is 4.90 Å². The number of piperidine rings is 1. The minimum absolute atomic E-state index is 0.108. The summed E-state index contributed by atoms with van der Waals surface area (Å²) in [5.74, 6) is -3.01. The molecular weight excluding hydrogens is 516 g/mol. The first kappa shape index (κ1) is 27.4. The van der Waals surface area contributed by atoms with E-state index in [4.69, 9.17) is 23.2 Å². The number of aliphatic carboxylic acids is 1. The van der Waals surface area contributed by atoms with Crippen molar-refractivity contribution >= 4 is 44.9 Å².